The molecule has 0 saturated heterocycles. The summed E-state index contributed by atoms with van der Waals surface area (Å²) in [6, 6.07) is 0. The summed E-state index contributed by atoms with van der Waals surface area (Å²) in [6.07, 6.45) is 4.46. The Morgan fingerprint density at radius 1 is 0.522 bits per heavy atom. The molecule has 0 atom stereocenters. The Labute approximate surface area is 173 Å². The SMILES string of the molecule is C1=CC(=C2SC3=C(S2)SC(=C2SC4=C(SCCS4)S2)S3)C=CS1. The Morgan fingerprint density at radius 2 is 0.957 bits per heavy atom. The molecule has 5 aliphatic rings. The highest BCUT2D eigenvalue weighted by molar-refractivity contribution is 8.49. The van der Waals surface area contributed by atoms with Crippen molar-refractivity contribution in [2.75, 3.05) is 11.5 Å². The van der Waals surface area contributed by atoms with Crippen molar-refractivity contribution < 1.29 is 0 Å². The van der Waals surface area contributed by atoms with Crippen molar-refractivity contribution in [3.63, 3.8) is 0 Å². The van der Waals surface area contributed by atoms with Crippen LogP contribution in [0.25, 0.3) is 0 Å². The molecule has 0 nitrogen and oxygen atoms in total. The molecule has 0 aromatic heterocycles. The Bertz CT molecular complexity index is 709. The molecule has 0 bridgehead atoms. The number of hydrogen-bond acceptors (Lipinski definition) is 9. The van der Waals surface area contributed by atoms with Crippen molar-refractivity contribution in [2.45, 2.75) is 0 Å². The third-order valence-corrected chi connectivity index (χ3v) is 15.6. The molecule has 0 aromatic rings. The highest BCUT2D eigenvalue weighted by atomic mass is 32.3. The lowest BCUT2D eigenvalue weighted by atomic mass is 10.3. The van der Waals surface area contributed by atoms with Crippen molar-refractivity contribution in [1.82, 2.24) is 0 Å². The Kier molecular flexibility index (Phi) is 5.32. The predicted octanol–water partition coefficient (Wildman–Crippen LogP) is 8.27. The molecule has 0 amide bonds. The molecule has 0 unspecified atom stereocenters. The lowest BCUT2D eigenvalue weighted by Crippen LogP contribution is -1.88. The van der Waals surface area contributed by atoms with E-state index in [4.69, 9.17) is 0 Å². The largest absolute Gasteiger partial charge is 0.116 e. The molecule has 23 heavy (non-hydrogen) atoms. The van der Waals surface area contributed by atoms with Gasteiger partial charge in [-0.3, -0.25) is 0 Å². The van der Waals surface area contributed by atoms with E-state index < -0.39 is 0 Å². The van der Waals surface area contributed by atoms with E-state index >= 15 is 0 Å². The minimum absolute atomic E-state index is 1.26. The average molecular weight is 465 g/mol. The second-order valence-corrected chi connectivity index (χ2v) is 15.5. The summed E-state index contributed by atoms with van der Waals surface area (Å²) >= 11 is 17.7. The topological polar surface area (TPSA) is 0 Å². The van der Waals surface area contributed by atoms with Gasteiger partial charge in [0.25, 0.3) is 0 Å². The third kappa shape index (κ3) is 3.43. The number of allylic oxidation sites excluding steroid dienone is 3. The lowest BCUT2D eigenvalue weighted by Gasteiger charge is -2.08. The van der Waals surface area contributed by atoms with Gasteiger partial charge in [0.1, 0.15) is 0 Å². The molecule has 0 spiro atoms. The number of thioether (sulfide) groups is 9. The quantitative estimate of drug-likeness (QED) is 0.344. The van der Waals surface area contributed by atoms with E-state index in [9.17, 15) is 0 Å². The fourth-order valence-corrected chi connectivity index (χ4v) is 15.2. The lowest BCUT2D eigenvalue weighted by molar-refractivity contribution is 1.56. The van der Waals surface area contributed by atoms with Crippen LogP contribution in [-0.4, -0.2) is 11.5 Å². The maximum absolute atomic E-state index is 2.23. The first kappa shape index (κ1) is 16.7. The van der Waals surface area contributed by atoms with Gasteiger partial charge in [0, 0.05) is 11.5 Å². The first-order valence-electron chi connectivity index (χ1n) is 6.65. The molecule has 5 heterocycles. The van der Waals surface area contributed by atoms with Crippen molar-refractivity contribution in [1.29, 1.82) is 0 Å². The second kappa shape index (κ2) is 7.31. The van der Waals surface area contributed by atoms with Gasteiger partial charge in [0.15, 0.2) is 0 Å². The van der Waals surface area contributed by atoms with E-state index in [2.05, 4.69) is 23.0 Å². The predicted molar refractivity (Wildman–Crippen MR) is 124 cm³/mol. The van der Waals surface area contributed by atoms with E-state index in [0.717, 1.165) is 0 Å². The first-order valence-corrected chi connectivity index (χ1v) is 14.5. The van der Waals surface area contributed by atoms with Gasteiger partial charge < -0.3 is 0 Å². The molecule has 0 fully saturated rings. The van der Waals surface area contributed by atoms with Crippen molar-refractivity contribution in [3.05, 3.63) is 58.2 Å². The summed E-state index contributed by atoms with van der Waals surface area (Å²) in [7, 11) is 0. The molecule has 9 heteroatoms. The van der Waals surface area contributed by atoms with Crippen LogP contribution < -0.4 is 0 Å². The monoisotopic (exact) mass is 464 g/mol. The smallest absolute Gasteiger partial charge is 0.0718 e. The molecule has 0 aromatic carbocycles. The molecule has 0 N–H and O–H groups in total. The fraction of sp³-hybridized carbons (Fsp3) is 0.143. The first-order chi connectivity index (χ1) is 11.4. The summed E-state index contributed by atoms with van der Waals surface area (Å²) in [5.74, 6) is 2.52. The molecule has 0 aliphatic carbocycles. The van der Waals surface area contributed by atoms with E-state index in [0.29, 0.717) is 0 Å². The van der Waals surface area contributed by atoms with Gasteiger partial charge in [-0.05, 0) is 28.5 Å². The van der Waals surface area contributed by atoms with Gasteiger partial charge >= 0.3 is 0 Å². The van der Waals surface area contributed by atoms with Crippen molar-refractivity contribution in [3.8, 4) is 0 Å². The van der Waals surface area contributed by atoms with Crippen molar-refractivity contribution in [2.24, 2.45) is 0 Å². The zero-order valence-corrected chi connectivity index (χ0v) is 18.7. The highest BCUT2D eigenvalue weighted by Crippen LogP contribution is 2.71. The van der Waals surface area contributed by atoms with E-state index in [1.165, 1.54) is 38.3 Å². The van der Waals surface area contributed by atoms with Crippen LogP contribution in [0.2, 0.25) is 0 Å². The van der Waals surface area contributed by atoms with Crippen LogP contribution >= 0.6 is 106 Å². The minimum Gasteiger partial charge on any atom is -0.116 e. The van der Waals surface area contributed by atoms with Gasteiger partial charge in [-0.25, -0.2) is 0 Å². The zero-order valence-electron chi connectivity index (χ0n) is 11.4. The van der Waals surface area contributed by atoms with Crippen LogP contribution in [-0.2, 0) is 0 Å². The van der Waals surface area contributed by atoms with Crippen LogP contribution in [0.3, 0.4) is 0 Å². The maximum atomic E-state index is 2.23. The summed E-state index contributed by atoms with van der Waals surface area (Å²) in [6.45, 7) is 0. The molecule has 5 aliphatic heterocycles. The average Bonchev–Trinajstić information content (AvgIpc) is 3.27. The summed E-state index contributed by atoms with van der Waals surface area (Å²) in [5.41, 5.74) is 1.36. The Balaban J connectivity index is 1.32. The Hall–Kier alpha value is 1.59. The van der Waals surface area contributed by atoms with E-state index in [1.54, 1.807) is 20.2 Å². The molecule has 118 valence electrons. The molecular formula is C14H8S9. The zero-order chi connectivity index (χ0) is 15.2. The molecule has 5 rings (SSSR count). The minimum atomic E-state index is 1.26. The van der Waals surface area contributed by atoms with Gasteiger partial charge in [0.05, 0.1) is 29.7 Å². The maximum Gasteiger partial charge on any atom is 0.0718 e. The fourth-order valence-electron chi connectivity index (χ4n) is 2.05. The van der Waals surface area contributed by atoms with Gasteiger partial charge in [0.2, 0.25) is 0 Å². The van der Waals surface area contributed by atoms with Gasteiger partial charge in [-0.1, -0.05) is 70.6 Å². The highest BCUT2D eigenvalue weighted by Gasteiger charge is 2.35. The van der Waals surface area contributed by atoms with Crippen LogP contribution in [0.1, 0.15) is 0 Å². The standard InChI is InChI=1S/C14H8S9/c1-3-15-4-2-7(1)8-18-11-12(19-8)23-14(22-11)13-20-9-10(21-13)17-6-5-16-9/h1-4H,5-6H2. The van der Waals surface area contributed by atoms with Crippen molar-refractivity contribution >= 4 is 106 Å². The normalized spacial score (nSPS) is 26.8. The van der Waals surface area contributed by atoms with E-state index in [1.807, 2.05) is 94.1 Å². The number of hydrogen-bond donors (Lipinski definition) is 0. The van der Waals surface area contributed by atoms with Crippen LogP contribution in [0.5, 0.6) is 0 Å². The third-order valence-electron chi connectivity index (χ3n) is 3.05. The summed E-state index contributed by atoms with van der Waals surface area (Å²) in [4.78, 5) is 0. The second-order valence-electron chi connectivity index (χ2n) is 4.52. The molecule has 0 radical (unpaired) electrons. The van der Waals surface area contributed by atoms with Gasteiger partial charge in [-0.2, -0.15) is 0 Å². The van der Waals surface area contributed by atoms with Gasteiger partial charge in [-0.15, -0.1) is 35.3 Å². The Morgan fingerprint density at radius 3 is 1.48 bits per heavy atom. The van der Waals surface area contributed by atoms with Crippen LogP contribution in [0.4, 0.5) is 0 Å². The molecule has 0 saturated carbocycles. The van der Waals surface area contributed by atoms with E-state index in [-0.39, 0.29) is 0 Å². The number of rotatable bonds is 0. The summed E-state index contributed by atoms with van der Waals surface area (Å²) < 4.78 is 10.5. The van der Waals surface area contributed by atoms with Crippen LogP contribution in [0, 0.1) is 0 Å². The summed E-state index contributed by atoms with van der Waals surface area (Å²) in [5, 5.41) is 4.33. The van der Waals surface area contributed by atoms with Crippen LogP contribution in [0.15, 0.2) is 58.2 Å². The molecular weight excluding hydrogens is 457 g/mol.